The first kappa shape index (κ1) is 14.8. The molecular weight excluding hydrogens is 271 g/mol. The number of nitrogens with one attached hydrogen (secondary N) is 1. The minimum Gasteiger partial charge on any atom is -0.405 e. The number of carbonyl (C=O) groups excluding carboxylic acids is 1. The fourth-order valence-electron chi connectivity index (χ4n) is 2.59. The number of rotatable bonds is 4. The lowest BCUT2D eigenvalue weighted by atomic mass is 9.85. The van der Waals surface area contributed by atoms with E-state index in [2.05, 4.69) is 10.1 Å². The van der Waals surface area contributed by atoms with E-state index in [1.54, 1.807) is 0 Å². The van der Waals surface area contributed by atoms with Crippen LogP contribution in [0.4, 0.5) is 13.2 Å². The standard InChI is InChI=1S/C14H16F3NO2/c1-2-13(8-5-9-18-13)12(19)10-6-3-4-7-11(10)20-14(15,16)17/h3-4,6-7,18H,2,5,8-9H2,1H3. The molecule has 3 nitrogen and oxygen atoms in total. The molecule has 1 N–H and O–H groups in total. The molecule has 1 aromatic carbocycles. The maximum Gasteiger partial charge on any atom is 0.573 e. The van der Waals surface area contributed by atoms with Gasteiger partial charge in [0.2, 0.25) is 0 Å². The smallest absolute Gasteiger partial charge is 0.405 e. The Morgan fingerprint density at radius 3 is 2.65 bits per heavy atom. The monoisotopic (exact) mass is 287 g/mol. The summed E-state index contributed by atoms with van der Waals surface area (Å²) in [5.41, 5.74) is -0.800. The number of hydrogen-bond acceptors (Lipinski definition) is 3. The highest BCUT2D eigenvalue weighted by molar-refractivity contribution is 6.05. The Labute approximate surface area is 115 Å². The Morgan fingerprint density at radius 1 is 1.40 bits per heavy atom. The lowest BCUT2D eigenvalue weighted by Gasteiger charge is -2.27. The summed E-state index contributed by atoms with van der Waals surface area (Å²) in [4.78, 5) is 12.6. The molecule has 2 rings (SSSR count). The molecular formula is C14H16F3NO2. The number of ketones is 1. The first-order valence-corrected chi connectivity index (χ1v) is 6.52. The molecule has 1 fully saturated rings. The molecule has 1 saturated heterocycles. The average molecular weight is 287 g/mol. The lowest BCUT2D eigenvalue weighted by molar-refractivity contribution is -0.274. The predicted molar refractivity (Wildman–Crippen MR) is 67.7 cm³/mol. The van der Waals surface area contributed by atoms with Crippen molar-refractivity contribution >= 4 is 5.78 Å². The van der Waals surface area contributed by atoms with Crippen molar-refractivity contribution in [3.05, 3.63) is 29.8 Å². The molecule has 0 aliphatic carbocycles. The fraction of sp³-hybridized carbons (Fsp3) is 0.500. The second-order valence-electron chi connectivity index (χ2n) is 4.84. The zero-order valence-corrected chi connectivity index (χ0v) is 11.1. The number of alkyl halides is 3. The van der Waals surface area contributed by atoms with E-state index >= 15 is 0 Å². The van der Waals surface area contributed by atoms with Gasteiger partial charge in [-0.2, -0.15) is 0 Å². The van der Waals surface area contributed by atoms with E-state index in [0.717, 1.165) is 6.42 Å². The summed E-state index contributed by atoms with van der Waals surface area (Å²) in [5.74, 6) is -0.774. The number of para-hydroxylation sites is 1. The second kappa shape index (κ2) is 5.44. The summed E-state index contributed by atoms with van der Waals surface area (Å²) >= 11 is 0. The normalized spacial score (nSPS) is 22.8. The van der Waals surface area contributed by atoms with Crippen molar-refractivity contribution in [2.24, 2.45) is 0 Å². The van der Waals surface area contributed by atoms with Gasteiger partial charge in [-0.1, -0.05) is 19.1 Å². The molecule has 1 heterocycles. The SMILES string of the molecule is CCC1(C(=O)c2ccccc2OC(F)(F)F)CCCN1. The largest absolute Gasteiger partial charge is 0.573 e. The van der Waals surface area contributed by atoms with Crippen molar-refractivity contribution in [3.8, 4) is 5.75 Å². The van der Waals surface area contributed by atoms with Gasteiger partial charge in [0.15, 0.2) is 5.78 Å². The summed E-state index contributed by atoms with van der Waals surface area (Å²) in [6.45, 7) is 2.55. The third-order valence-corrected chi connectivity index (χ3v) is 3.64. The van der Waals surface area contributed by atoms with Crippen molar-refractivity contribution in [3.63, 3.8) is 0 Å². The number of carbonyl (C=O) groups is 1. The van der Waals surface area contributed by atoms with Gasteiger partial charge >= 0.3 is 6.36 Å². The molecule has 20 heavy (non-hydrogen) atoms. The van der Waals surface area contributed by atoms with E-state index in [1.165, 1.54) is 24.3 Å². The van der Waals surface area contributed by atoms with Crippen molar-refractivity contribution < 1.29 is 22.7 Å². The Hall–Kier alpha value is -1.56. The second-order valence-corrected chi connectivity index (χ2v) is 4.84. The van der Waals surface area contributed by atoms with E-state index in [9.17, 15) is 18.0 Å². The Morgan fingerprint density at radius 2 is 2.10 bits per heavy atom. The minimum absolute atomic E-state index is 0.0268. The topological polar surface area (TPSA) is 38.3 Å². The van der Waals surface area contributed by atoms with Crippen molar-refractivity contribution in [1.29, 1.82) is 0 Å². The van der Waals surface area contributed by atoms with Crippen molar-refractivity contribution in [1.82, 2.24) is 5.32 Å². The fourth-order valence-corrected chi connectivity index (χ4v) is 2.59. The van der Waals surface area contributed by atoms with Crippen LogP contribution in [0.2, 0.25) is 0 Å². The van der Waals surface area contributed by atoms with Crippen LogP contribution < -0.4 is 10.1 Å². The predicted octanol–water partition coefficient (Wildman–Crippen LogP) is 3.30. The van der Waals surface area contributed by atoms with Gasteiger partial charge in [0, 0.05) is 0 Å². The molecule has 1 unspecified atom stereocenters. The van der Waals surface area contributed by atoms with Crippen LogP contribution in [0.5, 0.6) is 5.75 Å². The molecule has 0 spiro atoms. The highest BCUT2D eigenvalue weighted by atomic mass is 19.4. The summed E-state index contributed by atoms with van der Waals surface area (Å²) < 4.78 is 41.1. The first-order chi connectivity index (χ1) is 9.38. The van der Waals surface area contributed by atoms with Gasteiger partial charge in [0.05, 0.1) is 11.1 Å². The minimum atomic E-state index is -4.81. The molecule has 1 aliphatic heterocycles. The van der Waals surface area contributed by atoms with E-state index in [1.807, 2.05) is 6.92 Å². The number of halogens is 3. The third kappa shape index (κ3) is 2.95. The number of ether oxygens (including phenoxy) is 1. The third-order valence-electron chi connectivity index (χ3n) is 3.64. The van der Waals surface area contributed by atoms with Gasteiger partial charge in [0.1, 0.15) is 5.75 Å². The summed E-state index contributed by atoms with van der Waals surface area (Å²) in [6.07, 6.45) is -2.81. The average Bonchev–Trinajstić information content (AvgIpc) is 2.86. The number of hydrogen-bond donors (Lipinski definition) is 1. The molecule has 0 bridgehead atoms. The molecule has 1 atom stereocenters. The van der Waals surface area contributed by atoms with E-state index in [0.29, 0.717) is 19.4 Å². The first-order valence-electron chi connectivity index (χ1n) is 6.52. The highest BCUT2D eigenvalue weighted by Crippen LogP contribution is 2.33. The van der Waals surface area contributed by atoms with Crippen LogP contribution in [0, 0.1) is 0 Å². The molecule has 1 aliphatic rings. The summed E-state index contributed by atoms with van der Waals surface area (Å²) in [7, 11) is 0. The number of Topliss-reactive ketones (excluding diaryl/α,β-unsaturated/α-hetero) is 1. The van der Waals surface area contributed by atoms with Crippen LogP contribution in [0.25, 0.3) is 0 Å². The molecule has 6 heteroatoms. The molecule has 0 saturated carbocycles. The van der Waals surface area contributed by atoms with E-state index in [4.69, 9.17) is 0 Å². The van der Waals surface area contributed by atoms with Gasteiger partial charge in [-0.25, -0.2) is 0 Å². The zero-order chi connectivity index (χ0) is 14.8. The van der Waals surface area contributed by atoms with Gasteiger partial charge in [-0.3, -0.25) is 4.79 Å². The molecule has 0 aromatic heterocycles. The van der Waals surface area contributed by atoms with Gasteiger partial charge in [-0.15, -0.1) is 13.2 Å². The highest BCUT2D eigenvalue weighted by Gasteiger charge is 2.41. The maximum absolute atomic E-state index is 12.6. The Bertz CT molecular complexity index is 493. The van der Waals surface area contributed by atoms with Crippen LogP contribution in [0.1, 0.15) is 36.5 Å². The Kier molecular flexibility index (Phi) is 4.04. The van der Waals surface area contributed by atoms with Gasteiger partial charge < -0.3 is 10.1 Å². The van der Waals surface area contributed by atoms with Crippen molar-refractivity contribution in [2.45, 2.75) is 38.1 Å². The summed E-state index contributed by atoms with van der Waals surface area (Å²) in [6, 6.07) is 5.49. The molecule has 110 valence electrons. The van der Waals surface area contributed by atoms with Crippen LogP contribution in [-0.4, -0.2) is 24.2 Å². The van der Waals surface area contributed by atoms with E-state index in [-0.39, 0.29) is 11.3 Å². The van der Waals surface area contributed by atoms with E-state index < -0.39 is 17.7 Å². The van der Waals surface area contributed by atoms with Crippen LogP contribution >= 0.6 is 0 Å². The van der Waals surface area contributed by atoms with Crippen LogP contribution in [0.15, 0.2) is 24.3 Å². The van der Waals surface area contributed by atoms with Crippen molar-refractivity contribution in [2.75, 3.05) is 6.54 Å². The molecule has 0 amide bonds. The van der Waals surface area contributed by atoms with Crippen LogP contribution in [0.3, 0.4) is 0 Å². The molecule has 0 radical (unpaired) electrons. The number of benzene rings is 1. The summed E-state index contributed by atoms with van der Waals surface area (Å²) in [5, 5.41) is 3.12. The lowest BCUT2D eigenvalue weighted by Crippen LogP contribution is -2.47. The van der Waals surface area contributed by atoms with Gasteiger partial charge in [-0.05, 0) is 37.9 Å². The van der Waals surface area contributed by atoms with Gasteiger partial charge in [0.25, 0.3) is 0 Å². The molecule has 1 aromatic rings. The maximum atomic E-state index is 12.6. The van der Waals surface area contributed by atoms with Crippen LogP contribution in [-0.2, 0) is 0 Å². The zero-order valence-electron chi connectivity index (χ0n) is 11.1. The quantitative estimate of drug-likeness (QED) is 0.863. The Balaban J connectivity index is 2.35.